The maximum Gasteiger partial charge on any atom is 0.271 e. The lowest BCUT2D eigenvalue weighted by Crippen LogP contribution is -2.47. The fourth-order valence-electron chi connectivity index (χ4n) is 4.77. The van der Waals surface area contributed by atoms with Gasteiger partial charge < -0.3 is 14.8 Å². The predicted octanol–water partition coefficient (Wildman–Crippen LogP) is 5.55. The highest BCUT2D eigenvalue weighted by atomic mass is 35.5. The summed E-state index contributed by atoms with van der Waals surface area (Å²) in [6.45, 7) is 13.7. The molecule has 0 bridgehead atoms. The van der Waals surface area contributed by atoms with Gasteiger partial charge in [-0.25, -0.2) is 4.98 Å². The first kappa shape index (κ1) is 30.0. The van der Waals surface area contributed by atoms with Crippen LogP contribution in [-0.2, 0) is 0 Å². The van der Waals surface area contributed by atoms with E-state index in [-0.39, 0.29) is 30.7 Å². The number of halogens is 3. The number of nitrogens with one attached hydrogen (secondary N) is 1. The Hall–Kier alpha value is -2.25. The van der Waals surface area contributed by atoms with Gasteiger partial charge in [-0.3, -0.25) is 9.69 Å². The van der Waals surface area contributed by atoms with Crippen LogP contribution in [0.4, 0.5) is 5.69 Å². The normalized spacial score (nSPS) is 13.6. The van der Waals surface area contributed by atoms with Crippen LogP contribution in [0.3, 0.4) is 0 Å². The average molecular weight is 553 g/mol. The molecular weight excluding hydrogens is 517 g/mol. The zero-order chi connectivity index (χ0) is 24.2. The van der Waals surface area contributed by atoms with E-state index in [4.69, 9.17) is 11.6 Å². The minimum absolute atomic E-state index is 0. The highest BCUT2D eigenvalue weighted by Gasteiger charge is 2.21. The van der Waals surface area contributed by atoms with Crippen molar-refractivity contribution in [3.05, 3.63) is 75.8 Å². The molecule has 0 atom stereocenters. The molecule has 0 saturated carbocycles. The van der Waals surface area contributed by atoms with Crippen LogP contribution >= 0.6 is 36.4 Å². The lowest BCUT2D eigenvalue weighted by Gasteiger charge is -2.37. The van der Waals surface area contributed by atoms with E-state index in [0.29, 0.717) is 12.2 Å². The van der Waals surface area contributed by atoms with Crippen LogP contribution in [-0.4, -0.2) is 59.6 Å². The van der Waals surface area contributed by atoms with Crippen LogP contribution in [0.5, 0.6) is 0 Å². The van der Waals surface area contributed by atoms with Gasteiger partial charge in [0, 0.05) is 49.1 Å². The average Bonchev–Trinajstić information content (AvgIpc) is 3.13. The third-order valence-corrected chi connectivity index (χ3v) is 7.14. The van der Waals surface area contributed by atoms with Gasteiger partial charge in [-0.05, 0) is 70.0 Å². The molecule has 1 saturated heterocycles. The molecule has 1 aliphatic heterocycles. The molecule has 0 unspecified atom stereocenters. The SMILES string of the molecule is Cc1ccccc1-n1c(C)nc(C(=O)NCCCN2CCN(c3cccc(Cl)c3C)CC2)c1C.Cl.Cl. The quantitative estimate of drug-likeness (QED) is 0.391. The molecule has 2 aromatic carbocycles. The molecule has 0 spiro atoms. The molecule has 36 heavy (non-hydrogen) atoms. The standard InChI is InChI=1S/C27H34ClN5O.2ClH/c1-19-9-5-6-11-24(19)33-21(3)26(30-22(33)4)27(34)29-13-8-14-31-15-17-32(18-16-31)25-12-7-10-23(28)20(25)2;;/h5-7,9-12H,8,13-18H2,1-4H3,(H,29,34);2*1H. The van der Waals surface area contributed by atoms with E-state index >= 15 is 0 Å². The summed E-state index contributed by atoms with van der Waals surface area (Å²) in [7, 11) is 0. The van der Waals surface area contributed by atoms with Gasteiger partial charge >= 0.3 is 0 Å². The monoisotopic (exact) mass is 551 g/mol. The summed E-state index contributed by atoms with van der Waals surface area (Å²) >= 11 is 6.30. The number of anilines is 1. The van der Waals surface area contributed by atoms with Crippen molar-refractivity contribution in [3.63, 3.8) is 0 Å². The second-order valence-corrected chi connectivity index (χ2v) is 9.44. The Labute approximate surface area is 231 Å². The molecule has 9 heteroatoms. The Morgan fingerprint density at radius 3 is 2.31 bits per heavy atom. The van der Waals surface area contributed by atoms with Gasteiger partial charge in [0.15, 0.2) is 0 Å². The molecule has 4 rings (SSSR count). The van der Waals surface area contributed by atoms with Crippen molar-refractivity contribution in [2.24, 2.45) is 0 Å². The number of para-hydroxylation sites is 1. The molecule has 0 radical (unpaired) electrons. The number of aryl methyl sites for hydroxylation is 2. The summed E-state index contributed by atoms with van der Waals surface area (Å²) in [5.74, 6) is 0.721. The number of rotatable bonds is 7. The van der Waals surface area contributed by atoms with E-state index in [1.165, 1.54) is 5.69 Å². The Morgan fingerprint density at radius 2 is 1.61 bits per heavy atom. The second kappa shape index (κ2) is 13.3. The first-order valence-corrected chi connectivity index (χ1v) is 12.4. The number of carbonyl (C=O) groups is 1. The van der Waals surface area contributed by atoms with E-state index in [1.54, 1.807) is 0 Å². The zero-order valence-corrected chi connectivity index (χ0v) is 23.8. The van der Waals surface area contributed by atoms with Crippen LogP contribution in [0.2, 0.25) is 5.02 Å². The topological polar surface area (TPSA) is 53.4 Å². The molecule has 0 aliphatic carbocycles. The first-order valence-electron chi connectivity index (χ1n) is 12.0. The predicted molar refractivity (Wildman–Crippen MR) is 154 cm³/mol. The summed E-state index contributed by atoms with van der Waals surface area (Å²) in [4.78, 5) is 22.3. The van der Waals surface area contributed by atoms with E-state index in [9.17, 15) is 4.79 Å². The smallest absolute Gasteiger partial charge is 0.271 e. The van der Waals surface area contributed by atoms with Crippen LogP contribution in [0, 0.1) is 27.7 Å². The maximum atomic E-state index is 12.8. The molecule has 1 aromatic heterocycles. The Morgan fingerprint density at radius 1 is 0.944 bits per heavy atom. The summed E-state index contributed by atoms with van der Waals surface area (Å²) in [5, 5.41) is 3.89. The van der Waals surface area contributed by atoms with Crippen molar-refractivity contribution >= 4 is 48.0 Å². The van der Waals surface area contributed by atoms with Gasteiger partial charge in [-0.1, -0.05) is 35.9 Å². The fraction of sp³-hybridized carbons (Fsp3) is 0.407. The Bertz CT molecular complexity index is 1170. The lowest BCUT2D eigenvalue weighted by atomic mass is 10.1. The molecule has 6 nitrogen and oxygen atoms in total. The number of piperazine rings is 1. The summed E-state index contributed by atoms with van der Waals surface area (Å²) in [5.41, 5.74) is 5.98. The maximum absolute atomic E-state index is 12.8. The minimum Gasteiger partial charge on any atom is -0.369 e. The molecule has 1 fully saturated rings. The molecule has 3 aromatic rings. The third-order valence-electron chi connectivity index (χ3n) is 6.74. The van der Waals surface area contributed by atoms with Gasteiger partial charge in [-0.15, -0.1) is 24.8 Å². The van der Waals surface area contributed by atoms with E-state index in [0.717, 1.165) is 72.5 Å². The molecular formula is C27H36Cl3N5O. The fourth-order valence-corrected chi connectivity index (χ4v) is 4.93. The molecule has 2 heterocycles. The van der Waals surface area contributed by atoms with Crippen molar-refractivity contribution in [1.29, 1.82) is 0 Å². The molecule has 1 N–H and O–H groups in total. The molecule has 196 valence electrons. The second-order valence-electron chi connectivity index (χ2n) is 9.04. The summed E-state index contributed by atoms with van der Waals surface area (Å²) in [6, 6.07) is 14.3. The molecule has 1 amide bonds. The highest BCUT2D eigenvalue weighted by molar-refractivity contribution is 6.31. The van der Waals surface area contributed by atoms with E-state index in [2.05, 4.69) is 56.7 Å². The van der Waals surface area contributed by atoms with Gasteiger partial charge in [0.25, 0.3) is 5.91 Å². The number of amides is 1. The first-order chi connectivity index (χ1) is 16.4. The van der Waals surface area contributed by atoms with Crippen LogP contribution in [0.25, 0.3) is 5.69 Å². The number of aromatic nitrogens is 2. The zero-order valence-electron chi connectivity index (χ0n) is 21.4. The minimum atomic E-state index is -0.103. The number of hydrogen-bond acceptors (Lipinski definition) is 4. The number of nitrogens with zero attached hydrogens (tertiary/aromatic N) is 4. The number of benzene rings is 2. The van der Waals surface area contributed by atoms with Gasteiger partial charge in [0.2, 0.25) is 0 Å². The van der Waals surface area contributed by atoms with Gasteiger partial charge in [0.05, 0.1) is 5.69 Å². The Balaban J connectivity index is 0.00000228. The summed E-state index contributed by atoms with van der Waals surface area (Å²) < 4.78 is 2.06. The van der Waals surface area contributed by atoms with Crippen LogP contribution in [0.15, 0.2) is 42.5 Å². The Kier molecular flexibility index (Phi) is 11.1. The summed E-state index contributed by atoms with van der Waals surface area (Å²) in [6.07, 6.45) is 0.915. The van der Waals surface area contributed by atoms with Crippen molar-refractivity contribution < 1.29 is 4.79 Å². The lowest BCUT2D eigenvalue weighted by molar-refractivity contribution is 0.0946. The number of hydrogen-bond donors (Lipinski definition) is 1. The van der Waals surface area contributed by atoms with Crippen molar-refractivity contribution in [2.75, 3.05) is 44.2 Å². The van der Waals surface area contributed by atoms with E-state index in [1.807, 2.05) is 38.1 Å². The highest BCUT2D eigenvalue weighted by Crippen LogP contribution is 2.27. The number of carbonyl (C=O) groups excluding carboxylic acids is 1. The van der Waals surface area contributed by atoms with Crippen LogP contribution in [0.1, 0.15) is 39.6 Å². The van der Waals surface area contributed by atoms with Gasteiger partial charge in [-0.2, -0.15) is 0 Å². The van der Waals surface area contributed by atoms with Crippen molar-refractivity contribution in [2.45, 2.75) is 34.1 Å². The number of imidazole rings is 1. The van der Waals surface area contributed by atoms with Gasteiger partial charge in [0.1, 0.15) is 11.5 Å². The third kappa shape index (κ3) is 6.54. The van der Waals surface area contributed by atoms with Crippen molar-refractivity contribution in [1.82, 2.24) is 19.8 Å². The van der Waals surface area contributed by atoms with E-state index < -0.39 is 0 Å². The van der Waals surface area contributed by atoms with Crippen LogP contribution < -0.4 is 10.2 Å². The van der Waals surface area contributed by atoms with Crippen molar-refractivity contribution in [3.8, 4) is 5.69 Å². The largest absolute Gasteiger partial charge is 0.369 e. The molecule has 1 aliphatic rings.